The number of phosphoric acid groups is 1. The second kappa shape index (κ2) is 23.6. The van der Waals surface area contributed by atoms with Crippen molar-refractivity contribution in [3.05, 3.63) is 0 Å². The fourth-order valence-electron chi connectivity index (χ4n) is 3.50. The molecule has 0 aliphatic carbocycles. The maximum absolute atomic E-state index is 12.1. The highest BCUT2D eigenvalue weighted by Crippen LogP contribution is 2.43. The lowest BCUT2D eigenvalue weighted by Crippen LogP contribution is -2.29. The molecule has 0 radical (unpaired) electrons. The summed E-state index contributed by atoms with van der Waals surface area (Å²) in [6.45, 7) is 1.03. The molecule has 12 heteroatoms. The summed E-state index contributed by atoms with van der Waals surface area (Å²) in [4.78, 5) is 44.1. The average molecular weight is 554 g/mol. The zero-order chi connectivity index (χ0) is 27.8. The summed E-state index contributed by atoms with van der Waals surface area (Å²) in [5, 5.41) is 8.68. The number of hydrogen-bond donors (Lipinski definition) is 3. The molecular formula is C25H48NO10P. The molecule has 37 heavy (non-hydrogen) atoms. The van der Waals surface area contributed by atoms with Crippen LogP contribution in [-0.2, 0) is 37.5 Å². The summed E-state index contributed by atoms with van der Waals surface area (Å²) in [7, 11) is -4.43. The van der Waals surface area contributed by atoms with E-state index in [-0.39, 0.29) is 19.6 Å². The number of esters is 2. The number of carbonyl (C=O) groups is 3. The summed E-state index contributed by atoms with van der Waals surface area (Å²) in [6.07, 6.45) is 13.6. The number of rotatable bonds is 26. The highest BCUT2D eigenvalue weighted by Gasteiger charge is 2.26. The fraction of sp³-hybridized carbons (Fsp3) is 0.880. The van der Waals surface area contributed by atoms with Gasteiger partial charge in [0.25, 0.3) is 0 Å². The first-order valence-electron chi connectivity index (χ1n) is 13.6. The van der Waals surface area contributed by atoms with Gasteiger partial charge in [-0.05, 0) is 6.42 Å². The molecule has 0 aromatic carbocycles. The lowest BCUT2D eigenvalue weighted by molar-refractivity contribution is -0.162. The maximum atomic E-state index is 12.1. The molecule has 0 aliphatic rings. The van der Waals surface area contributed by atoms with Crippen LogP contribution in [0.4, 0.5) is 0 Å². The first-order valence-corrected chi connectivity index (χ1v) is 15.1. The van der Waals surface area contributed by atoms with Crippen molar-refractivity contribution in [3.63, 3.8) is 0 Å². The van der Waals surface area contributed by atoms with Gasteiger partial charge < -0.3 is 25.2 Å². The number of phosphoric ester groups is 1. The number of ether oxygens (including phenoxy) is 2. The Morgan fingerprint density at radius 1 is 0.757 bits per heavy atom. The van der Waals surface area contributed by atoms with Crippen molar-refractivity contribution in [1.82, 2.24) is 0 Å². The lowest BCUT2D eigenvalue weighted by atomic mass is 10.0. The Morgan fingerprint density at radius 2 is 1.30 bits per heavy atom. The number of nitrogens with two attached hydrogens (primary N) is 1. The van der Waals surface area contributed by atoms with Gasteiger partial charge in [0.15, 0.2) is 6.10 Å². The number of carboxylic acid groups (broad SMARTS) is 1. The van der Waals surface area contributed by atoms with Crippen LogP contribution in [0.2, 0.25) is 0 Å². The van der Waals surface area contributed by atoms with Crippen LogP contribution in [0.5, 0.6) is 0 Å². The van der Waals surface area contributed by atoms with Crippen LogP contribution in [0.15, 0.2) is 0 Å². The van der Waals surface area contributed by atoms with E-state index >= 15 is 0 Å². The smallest absolute Gasteiger partial charge is 0.472 e. The minimum atomic E-state index is -4.43. The molecule has 0 aromatic rings. The van der Waals surface area contributed by atoms with E-state index in [2.05, 4.69) is 11.4 Å². The molecule has 218 valence electrons. The summed E-state index contributed by atoms with van der Waals surface area (Å²) in [6, 6.07) is 0. The van der Waals surface area contributed by atoms with Crippen LogP contribution in [0.1, 0.15) is 110 Å². The largest absolute Gasteiger partial charge is 0.481 e. The first-order chi connectivity index (χ1) is 17.7. The van der Waals surface area contributed by atoms with E-state index in [9.17, 15) is 23.8 Å². The van der Waals surface area contributed by atoms with Gasteiger partial charge in [-0.3, -0.25) is 23.4 Å². The first kappa shape index (κ1) is 35.5. The third-order valence-corrected chi connectivity index (χ3v) is 6.54. The minimum Gasteiger partial charge on any atom is -0.481 e. The van der Waals surface area contributed by atoms with Crippen LogP contribution < -0.4 is 5.73 Å². The van der Waals surface area contributed by atoms with Gasteiger partial charge in [-0.25, -0.2) is 4.57 Å². The van der Waals surface area contributed by atoms with Crippen molar-refractivity contribution in [2.24, 2.45) is 5.73 Å². The predicted molar refractivity (Wildman–Crippen MR) is 139 cm³/mol. The molecule has 1 unspecified atom stereocenters. The second-order valence-electron chi connectivity index (χ2n) is 9.07. The van der Waals surface area contributed by atoms with E-state index in [1.165, 1.54) is 57.8 Å². The van der Waals surface area contributed by atoms with Crippen molar-refractivity contribution in [1.29, 1.82) is 0 Å². The monoisotopic (exact) mass is 553 g/mol. The molecule has 0 saturated heterocycles. The molecule has 0 aromatic heterocycles. The number of carboxylic acids is 1. The Bertz CT molecular complexity index is 661. The van der Waals surface area contributed by atoms with E-state index in [0.717, 1.165) is 19.3 Å². The standard InChI is InChI=1S/C25H48NO10P/c1-2-3-4-5-6-7-8-9-10-11-12-13-14-15-24(29)33-20-22(36-25(30)17-16-23(27)28)21-35-37(31,32)34-19-18-26/h22H,2-21,26H2,1H3,(H,27,28)(H,31,32)/t22-/m1/s1. The molecule has 0 amide bonds. The molecule has 0 bridgehead atoms. The number of aliphatic carboxylic acids is 1. The average Bonchev–Trinajstić information content (AvgIpc) is 2.86. The van der Waals surface area contributed by atoms with Gasteiger partial charge in [-0.15, -0.1) is 0 Å². The summed E-state index contributed by atoms with van der Waals surface area (Å²) >= 11 is 0. The van der Waals surface area contributed by atoms with Gasteiger partial charge in [0.1, 0.15) is 6.61 Å². The Balaban J connectivity index is 4.14. The lowest BCUT2D eigenvalue weighted by Gasteiger charge is -2.19. The van der Waals surface area contributed by atoms with Crippen LogP contribution in [0, 0.1) is 0 Å². The Morgan fingerprint density at radius 3 is 1.81 bits per heavy atom. The molecule has 0 aliphatic heterocycles. The van der Waals surface area contributed by atoms with Crippen LogP contribution in [0.3, 0.4) is 0 Å². The Kier molecular flexibility index (Phi) is 22.6. The zero-order valence-electron chi connectivity index (χ0n) is 22.4. The predicted octanol–water partition coefficient (Wildman–Crippen LogP) is 4.88. The summed E-state index contributed by atoms with van der Waals surface area (Å²) in [5.41, 5.74) is 5.22. The van der Waals surface area contributed by atoms with E-state index in [0.29, 0.717) is 6.42 Å². The van der Waals surface area contributed by atoms with Gasteiger partial charge >= 0.3 is 25.7 Å². The molecular weight excluding hydrogens is 505 g/mol. The number of carbonyl (C=O) groups excluding carboxylic acids is 2. The molecule has 2 atom stereocenters. The van der Waals surface area contributed by atoms with E-state index in [1.807, 2.05) is 0 Å². The quantitative estimate of drug-likeness (QED) is 0.0757. The van der Waals surface area contributed by atoms with Gasteiger partial charge in [0.2, 0.25) is 0 Å². The topological polar surface area (TPSA) is 172 Å². The van der Waals surface area contributed by atoms with Crippen molar-refractivity contribution in [2.75, 3.05) is 26.4 Å². The number of hydrogen-bond acceptors (Lipinski definition) is 9. The van der Waals surface area contributed by atoms with E-state index in [4.69, 9.17) is 24.8 Å². The van der Waals surface area contributed by atoms with Gasteiger partial charge in [-0.2, -0.15) is 0 Å². The highest BCUT2D eigenvalue weighted by atomic mass is 31.2. The van der Waals surface area contributed by atoms with Crippen molar-refractivity contribution in [2.45, 2.75) is 116 Å². The minimum absolute atomic E-state index is 0.00167. The van der Waals surface area contributed by atoms with Gasteiger partial charge in [-0.1, -0.05) is 84.0 Å². The maximum Gasteiger partial charge on any atom is 0.472 e. The highest BCUT2D eigenvalue weighted by molar-refractivity contribution is 7.47. The normalized spacial score (nSPS) is 13.6. The summed E-state index contributed by atoms with van der Waals surface area (Å²) < 4.78 is 31.4. The third-order valence-electron chi connectivity index (χ3n) is 5.55. The van der Waals surface area contributed by atoms with Crippen molar-refractivity contribution < 1.29 is 47.5 Å². The van der Waals surface area contributed by atoms with Crippen LogP contribution in [0.25, 0.3) is 0 Å². The van der Waals surface area contributed by atoms with Crippen molar-refractivity contribution in [3.8, 4) is 0 Å². The molecule has 0 saturated carbocycles. The SMILES string of the molecule is CCCCCCCCCCCCCCCC(=O)OC[C@H](COP(=O)(O)OCCN)OC(=O)CCC(=O)O. The van der Waals surface area contributed by atoms with E-state index in [1.54, 1.807) is 0 Å². The zero-order valence-corrected chi connectivity index (χ0v) is 23.3. The number of unbranched alkanes of at least 4 members (excludes halogenated alkanes) is 12. The molecule has 0 heterocycles. The van der Waals surface area contributed by atoms with Gasteiger partial charge in [0.05, 0.1) is 26.1 Å². The second-order valence-corrected chi connectivity index (χ2v) is 10.5. The molecule has 0 fully saturated rings. The van der Waals surface area contributed by atoms with Crippen molar-refractivity contribution >= 4 is 25.7 Å². The third kappa shape index (κ3) is 24.6. The molecule has 0 spiro atoms. The molecule has 11 nitrogen and oxygen atoms in total. The molecule has 0 rings (SSSR count). The van der Waals surface area contributed by atoms with E-state index < -0.39 is 57.9 Å². The van der Waals surface area contributed by atoms with Crippen LogP contribution >= 0.6 is 7.82 Å². The van der Waals surface area contributed by atoms with Crippen LogP contribution in [-0.4, -0.2) is 60.4 Å². The fourth-order valence-corrected chi connectivity index (χ4v) is 4.26. The molecule has 4 N–H and O–H groups in total. The van der Waals surface area contributed by atoms with Gasteiger partial charge in [0, 0.05) is 13.0 Å². The Labute approximate surface area is 221 Å². The summed E-state index contributed by atoms with van der Waals surface area (Å²) in [5.74, 6) is -2.52. The Hall–Kier alpha value is -1.52.